The van der Waals surface area contributed by atoms with Gasteiger partial charge >= 0.3 is 0 Å². The number of pyridine rings is 1. The molecule has 0 aromatic carbocycles. The number of aliphatic hydroxyl groups excluding tert-OH is 1. The van der Waals surface area contributed by atoms with Gasteiger partial charge in [-0.2, -0.15) is 0 Å². The summed E-state index contributed by atoms with van der Waals surface area (Å²) >= 11 is 7.89. The van der Waals surface area contributed by atoms with Gasteiger partial charge in [0.2, 0.25) is 0 Å². The van der Waals surface area contributed by atoms with Crippen LogP contribution in [0.25, 0.3) is 10.2 Å². The van der Waals surface area contributed by atoms with Crippen molar-refractivity contribution in [2.24, 2.45) is 0 Å². The number of nitrogens with one attached hydrogen (secondary N) is 1. The number of halogens is 1. The zero-order chi connectivity index (χ0) is 14.7. The summed E-state index contributed by atoms with van der Waals surface area (Å²) in [5, 5.41) is 12.5. The summed E-state index contributed by atoms with van der Waals surface area (Å²) in [5.41, 5.74) is 2.08. The molecule has 114 valence electrons. The Kier molecular flexibility index (Phi) is 4.92. The highest BCUT2D eigenvalue weighted by atomic mass is 35.5. The van der Waals surface area contributed by atoms with E-state index < -0.39 is 0 Å². The minimum Gasteiger partial charge on any atom is -0.395 e. The van der Waals surface area contributed by atoms with E-state index in [0.29, 0.717) is 11.7 Å². The SMILES string of the molecule is OCCNCc1cc2nc(Cl)cc(N3CCOCC3)c2s1. The molecule has 1 saturated heterocycles. The molecule has 2 aromatic rings. The molecule has 3 heterocycles. The summed E-state index contributed by atoms with van der Waals surface area (Å²) < 4.78 is 6.58. The van der Waals surface area contributed by atoms with Crippen LogP contribution < -0.4 is 10.2 Å². The second kappa shape index (κ2) is 6.89. The molecule has 0 saturated carbocycles. The maximum Gasteiger partial charge on any atom is 0.131 e. The molecule has 1 aliphatic heterocycles. The molecule has 0 amide bonds. The average Bonchev–Trinajstić information content (AvgIpc) is 2.90. The second-order valence-corrected chi connectivity index (χ2v) is 6.41. The molecule has 0 unspecified atom stereocenters. The molecular weight excluding hydrogens is 310 g/mol. The van der Waals surface area contributed by atoms with Gasteiger partial charge in [-0.25, -0.2) is 4.98 Å². The quantitative estimate of drug-likeness (QED) is 0.648. The molecule has 0 bridgehead atoms. The first-order valence-corrected chi connectivity index (χ1v) is 8.20. The monoisotopic (exact) mass is 327 g/mol. The highest BCUT2D eigenvalue weighted by molar-refractivity contribution is 7.19. The number of thiophene rings is 1. The topological polar surface area (TPSA) is 57.6 Å². The van der Waals surface area contributed by atoms with Crippen molar-refractivity contribution in [3.8, 4) is 0 Å². The van der Waals surface area contributed by atoms with Crippen LogP contribution in [0.5, 0.6) is 0 Å². The highest BCUT2D eigenvalue weighted by Gasteiger charge is 2.17. The van der Waals surface area contributed by atoms with Gasteiger partial charge in [0.1, 0.15) is 5.15 Å². The molecule has 0 spiro atoms. The van der Waals surface area contributed by atoms with Crippen LogP contribution in [0.4, 0.5) is 5.69 Å². The van der Waals surface area contributed by atoms with Gasteiger partial charge in [0.15, 0.2) is 0 Å². The predicted molar refractivity (Wildman–Crippen MR) is 86.5 cm³/mol. The summed E-state index contributed by atoms with van der Waals surface area (Å²) in [4.78, 5) is 7.92. The molecule has 7 heteroatoms. The summed E-state index contributed by atoms with van der Waals surface area (Å²) in [7, 11) is 0. The number of nitrogens with zero attached hydrogens (tertiary/aromatic N) is 2. The first-order chi connectivity index (χ1) is 10.3. The Morgan fingerprint density at radius 2 is 2.19 bits per heavy atom. The van der Waals surface area contributed by atoms with Crippen molar-refractivity contribution in [1.82, 2.24) is 10.3 Å². The van der Waals surface area contributed by atoms with E-state index in [-0.39, 0.29) is 6.61 Å². The maximum atomic E-state index is 8.83. The largest absolute Gasteiger partial charge is 0.395 e. The molecule has 0 atom stereocenters. The van der Waals surface area contributed by atoms with Gasteiger partial charge in [-0.1, -0.05) is 11.6 Å². The third-order valence-electron chi connectivity index (χ3n) is 3.42. The molecule has 1 fully saturated rings. The van der Waals surface area contributed by atoms with Crippen LogP contribution >= 0.6 is 22.9 Å². The van der Waals surface area contributed by atoms with E-state index in [1.165, 1.54) is 9.58 Å². The van der Waals surface area contributed by atoms with Crippen LogP contribution in [-0.4, -0.2) is 49.5 Å². The van der Waals surface area contributed by atoms with Crippen molar-refractivity contribution < 1.29 is 9.84 Å². The Balaban J connectivity index is 1.91. The minimum absolute atomic E-state index is 0.147. The maximum absolute atomic E-state index is 8.83. The Morgan fingerprint density at radius 1 is 1.38 bits per heavy atom. The van der Waals surface area contributed by atoms with Crippen molar-refractivity contribution in [3.05, 3.63) is 22.2 Å². The molecule has 5 nitrogen and oxygen atoms in total. The lowest BCUT2D eigenvalue weighted by molar-refractivity contribution is 0.123. The highest BCUT2D eigenvalue weighted by Crippen LogP contribution is 2.35. The van der Waals surface area contributed by atoms with Gasteiger partial charge in [0, 0.05) is 37.1 Å². The number of hydrogen-bond acceptors (Lipinski definition) is 6. The summed E-state index contributed by atoms with van der Waals surface area (Å²) in [6.07, 6.45) is 0. The number of hydrogen-bond donors (Lipinski definition) is 2. The molecule has 2 aromatic heterocycles. The molecule has 3 rings (SSSR count). The van der Waals surface area contributed by atoms with Crippen molar-refractivity contribution in [1.29, 1.82) is 0 Å². The van der Waals surface area contributed by atoms with Crippen LogP contribution in [0.2, 0.25) is 5.15 Å². The number of aromatic nitrogens is 1. The molecular formula is C14H18ClN3O2S. The summed E-state index contributed by atoms with van der Waals surface area (Å²) in [6, 6.07) is 4.01. The van der Waals surface area contributed by atoms with E-state index in [1.54, 1.807) is 11.3 Å². The summed E-state index contributed by atoms with van der Waals surface area (Å²) in [6.45, 7) is 4.74. The second-order valence-electron chi connectivity index (χ2n) is 4.89. The lowest BCUT2D eigenvalue weighted by atomic mass is 10.3. The van der Waals surface area contributed by atoms with E-state index in [1.807, 2.05) is 6.07 Å². The molecule has 1 aliphatic rings. The van der Waals surface area contributed by atoms with Crippen LogP contribution in [-0.2, 0) is 11.3 Å². The molecule has 0 radical (unpaired) electrons. The van der Waals surface area contributed by atoms with Crippen LogP contribution in [0.1, 0.15) is 4.88 Å². The standard InChI is InChI=1S/C14H18ClN3O2S/c15-13-8-12(18-2-5-20-6-3-18)14-11(17-13)7-10(21-14)9-16-1-4-19/h7-8,16,19H,1-6,9H2. The normalized spacial score (nSPS) is 15.8. The predicted octanol–water partition coefficient (Wildman–Crippen LogP) is 1.87. The Hall–Kier alpha value is -0.920. The average molecular weight is 328 g/mol. The van der Waals surface area contributed by atoms with Gasteiger partial charge in [-0.05, 0) is 6.07 Å². The lowest BCUT2D eigenvalue weighted by Gasteiger charge is -2.29. The van der Waals surface area contributed by atoms with Crippen molar-refractivity contribution in [2.45, 2.75) is 6.54 Å². The van der Waals surface area contributed by atoms with Crippen LogP contribution in [0, 0.1) is 0 Å². The number of anilines is 1. The number of aliphatic hydroxyl groups is 1. The zero-order valence-electron chi connectivity index (χ0n) is 11.6. The lowest BCUT2D eigenvalue weighted by Crippen LogP contribution is -2.36. The third-order valence-corrected chi connectivity index (χ3v) is 4.76. The van der Waals surface area contributed by atoms with Gasteiger partial charge in [-0.15, -0.1) is 11.3 Å². The number of morpholine rings is 1. The van der Waals surface area contributed by atoms with Crippen molar-refractivity contribution in [3.63, 3.8) is 0 Å². The van der Waals surface area contributed by atoms with Crippen LogP contribution in [0.15, 0.2) is 12.1 Å². The molecule has 0 aliphatic carbocycles. The van der Waals surface area contributed by atoms with Gasteiger partial charge in [0.25, 0.3) is 0 Å². The molecule has 21 heavy (non-hydrogen) atoms. The fourth-order valence-electron chi connectivity index (χ4n) is 2.44. The minimum atomic E-state index is 0.147. The van der Waals surface area contributed by atoms with E-state index in [0.717, 1.165) is 44.1 Å². The number of ether oxygens (including phenoxy) is 1. The molecule has 2 N–H and O–H groups in total. The Labute approximate surface area is 132 Å². The first-order valence-electron chi connectivity index (χ1n) is 7.01. The van der Waals surface area contributed by atoms with Crippen LogP contribution in [0.3, 0.4) is 0 Å². The smallest absolute Gasteiger partial charge is 0.131 e. The van der Waals surface area contributed by atoms with E-state index in [9.17, 15) is 0 Å². The van der Waals surface area contributed by atoms with Gasteiger partial charge in [-0.3, -0.25) is 0 Å². The fourth-order valence-corrected chi connectivity index (χ4v) is 3.74. The van der Waals surface area contributed by atoms with Gasteiger partial charge in [0.05, 0.1) is 35.7 Å². The third kappa shape index (κ3) is 3.46. The number of fused-ring (bicyclic) bond motifs is 1. The van der Waals surface area contributed by atoms with E-state index in [4.69, 9.17) is 21.4 Å². The van der Waals surface area contributed by atoms with Crippen molar-refractivity contribution in [2.75, 3.05) is 44.4 Å². The first kappa shape index (κ1) is 15.0. The van der Waals surface area contributed by atoms with E-state index in [2.05, 4.69) is 21.3 Å². The summed E-state index contributed by atoms with van der Waals surface area (Å²) in [5.74, 6) is 0. The zero-order valence-corrected chi connectivity index (χ0v) is 13.2. The Bertz CT molecular complexity index is 614. The number of rotatable bonds is 5. The van der Waals surface area contributed by atoms with E-state index >= 15 is 0 Å². The Morgan fingerprint density at radius 3 is 2.95 bits per heavy atom. The fraction of sp³-hybridized carbons (Fsp3) is 0.500. The van der Waals surface area contributed by atoms with Gasteiger partial charge < -0.3 is 20.1 Å². The van der Waals surface area contributed by atoms with Crippen molar-refractivity contribution >= 4 is 38.8 Å².